The SMILES string of the molecule is C[n+]1noc([O-])c1SCCC(=O)Nc1ccc(I)cc1. The Balaban J connectivity index is 1.79. The van der Waals surface area contributed by atoms with Crippen molar-refractivity contribution in [3.05, 3.63) is 27.8 Å². The lowest BCUT2D eigenvalue weighted by Gasteiger charge is -2.04. The molecule has 0 aliphatic heterocycles. The summed E-state index contributed by atoms with van der Waals surface area (Å²) in [6, 6.07) is 7.54. The van der Waals surface area contributed by atoms with E-state index in [2.05, 4.69) is 37.7 Å². The van der Waals surface area contributed by atoms with Crippen LogP contribution in [0.15, 0.2) is 33.8 Å². The highest BCUT2D eigenvalue weighted by molar-refractivity contribution is 14.1. The van der Waals surface area contributed by atoms with E-state index in [1.54, 1.807) is 7.05 Å². The van der Waals surface area contributed by atoms with E-state index in [9.17, 15) is 9.90 Å². The number of rotatable bonds is 5. The number of anilines is 1. The molecule has 8 heteroatoms. The monoisotopic (exact) mass is 405 g/mol. The number of carbonyl (C=O) groups is 1. The number of hydrogen-bond donors (Lipinski definition) is 1. The van der Waals surface area contributed by atoms with Crippen molar-refractivity contribution in [2.24, 2.45) is 7.05 Å². The topological polar surface area (TPSA) is 82.1 Å². The number of hydrogen-bond acceptors (Lipinski definition) is 5. The van der Waals surface area contributed by atoms with Gasteiger partial charge in [0.15, 0.2) is 13.0 Å². The van der Waals surface area contributed by atoms with Crippen LogP contribution in [0.1, 0.15) is 6.42 Å². The minimum atomic E-state index is -0.476. The van der Waals surface area contributed by atoms with Gasteiger partial charge in [0, 0.05) is 21.4 Å². The average molecular weight is 405 g/mol. The Kier molecular flexibility index (Phi) is 5.24. The Hall–Kier alpha value is -1.29. The lowest BCUT2D eigenvalue weighted by Crippen LogP contribution is -2.32. The lowest BCUT2D eigenvalue weighted by atomic mass is 10.3. The Morgan fingerprint density at radius 1 is 1.50 bits per heavy atom. The molecule has 2 rings (SSSR count). The lowest BCUT2D eigenvalue weighted by molar-refractivity contribution is -0.772. The van der Waals surface area contributed by atoms with Crippen LogP contribution in [0.3, 0.4) is 0 Å². The summed E-state index contributed by atoms with van der Waals surface area (Å²) in [5.74, 6) is -0.0821. The smallest absolute Gasteiger partial charge is 0.290 e. The number of aryl methyl sites for hydroxylation is 1. The first-order valence-electron chi connectivity index (χ1n) is 5.77. The summed E-state index contributed by atoms with van der Waals surface area (Å²) in [5, 5.41) is 18.0. The fourth-order valence-electron chi connectivity index (χ4n) is 1.46. The van der Waals surface area contributed by atoms with Crippen LogP contribution in [-0.2, 0) is 11.8 Å². The molecule has 0 radical (unpaired) electrons. The summed E-state index contributed by atoms with van der Waals surface area (Å²) in [6.07, 6.45) is 0.307. The first-order valence-corrected chi connectivity index (χ1v) is 7.84. The van der Waals surface area contributed by atoms with Crippen molar-refractivity contribution in [1.82, 2.24) is 5.27 Å². The predicted molar refractivity (Wildman–Crippen MR) is 80.3 cm³/mol. The van der Waals surface area contributed by atoms with Crippen molar-refractivity contribution in [1.29, 1.82) is 0 Å². The Morgan fingerprint density at radius 2 is 2.20 bits per heavy atom. The van der Waals surface area contributed by atoms with E-state index in [0.717, 1.165) is 9.26 Å². The van der Waals surface area contributed by atoms with Gasteiger partial charge in [0.25, 0.3) is 5.03 Å². The third kappa shape index (κ3) is 4.10. The maximum Gasteiger partial charge on any atom is 0.290 e. The van der Waals surface area contributed by atoms with Gasteiger partial charge >= 0.3 is 0 Å². The summed E-state index contributed by atoms with van der Waals surface area (Å²) in [6.45, 7) is 0. The molecule has 106 valence electrons. The predicted octanol–water partition coefficient (Wildman–Crippen LogP) is 1.30. The first-order chi connectivity index (χ1) is 9.56. The van der Waals surface area contributed by atoms with Crippen LogP contribution in [0.2, 0.25) is 0 Å². The van der Waals surface area contributed by atoms with Crippen LogP contribution >= 0.6 is 34.4 Å². The van der Waals surface area contributed by atoms with Crippen LogP contribution < -0.4 is 15.1 Å². The largest absolute Gasteiger partial charge is 0.538 e. The van der Waals surface area contributed by atoms with Gasteiger partial charge in [-0.05, 0) is 46.9 Å². The zero-order valence-corrected chi connectivity index (χ0v) is 13.6. The molecule has 1 aromatic carbocycles. The molecule has 2 aromatic rings. The molecule has 1 amide bonds. The fraction of sp³-hybridized carbons (Fsp3) is 0.250. The molecule has 1 heterocycles. The van der Waals surface area contributed by atoms with Gasteiger partial charge < -0.3 is 14.9 Å². The number of thioether (sulfide) groups is 1. The molecule has 0 atom stereocenters. The molecule has 0 unspecified atom stereocenters. The van der Waals surface area contributed by atoms with Gasteiger partial charge in [-0.2, -0.15) is 0 Å². The number of benzene rings is 1. The van der Waals surface area contributed by atoms with Gasteiger partial charge in [-0.15, -0.1) is 0 Å². The van der Waals surface area contributed by atoms with Crippen LogP contribution in [0.25, 0.3) is 0 Å². The van der Waals surface area contributed by atoms with E-state index < -0.39 is 5.95 Å². The van der Waals surface area contributed by atoms with E-state index in [1.165, 1.54) is 16.4 Å². The number of halogens is 1. The van der Waals surface area contributed by atoms with E-state index in [0.29, 0.717) is 17.2 Å². The Morgan fingerprint density at radius 3 is 2.80 bits per heavy atom. The fourth-order valence-corrected chi connectivity index (χ4v) is 2.67. The van der Waals surface area contributed by atoms with Crippen molar-refractivity contribution in [2.45, 2.75) is 11.4 Å². The van der Waals surface area contributed by atoms with Crippen molar-refractivity contribution in [3.63, 3.8) is 0 Å². The molecule has 0 bridgehead atoms. The quantitative estimate of drug-likeness (QED) is 0.461. The van der Waals surface area contributed by atoms with Gasteiger partial charge in [0.05, 0.1) is 5.27 Å². The van der Waals surface area contributed by atoms with Crippen LogP contribution in [0.5, 0.6) is 5.95 Å². The molecule has 0 saturated heterocycles. The minimum Gasteiger partial charge on any atom is -0.538 e. The molecule has 1 aromatic heterocycles. The van der Waals surface area contributed by atoms with Crippen LogP contribution in [-0.4, -0.2) is 16.9 Å². The average Bonchev–Trinajstić information content (AvgIpc) is 2.73. The van der Waals surface area contributed by atoms with Crippen molar-refractivity contribution in [3.8, 4) is 5.95 Å². The second-order valence-corrected chi connectivity index (χ2v) is 6.27. The summed E-state index contributed by atoms with van der Waals surface area (Å²) < 4.78 is 6.97. The Labute approximate surface area is 133 Å². The summed E-state index contributed by atoms with van der Waals surface area (Å²) in [4.78, 5) is 11.7. The summed E-state index contributed by atoms with van der Waals surface area (Å²) in [7, 11) is 1.62. The van der Waals surface area contributed by atoms with Gasteiger partial charge in [-0.1, -0.05) is 16.4 Å². The molecular formula is C12H12IN3O3S. The van der Waals surface area contributed by atoms with Crippen molar-refractivity contribution in [2.75, 3.05) is 11.1 Å². The molecule has 6 nitrogen and oxygen atoms in total. The van der Waals surface area contributed by atoms with Crippen molar-refractivity contribution >= 4 is 45.9 Å². The zero-order chi connectivity index (χ0) is 14.5. The third-order valence-corrected chi connectivity index (χ3v) is 4.24. The van der Waals surface area contributed by atoms with E-state index in [-0.39, 0.29) is 5.91 Å². The molecule has 0 saturated carbocycles. The maximum atomic E-state index is 11.7. The molecule has 1 N–H and O–H groups in total. The van der Waals surface area contributed by atoms with Gasteiger partial charge in [0.2, 0.25) is 5.91 Å². The summed E-state index contributed by atoms with van der Waals surface area (Å²) in [5.41, 5.74) is 0.764. The molecule has 0 aliphatic rings. The van der Waals surface area contributed by atoms with Gasteiger partial charge in [-0.25, -0.2) is 0 Å². The number of carbonyl (C=O) groups excluding carboxylic acids is 1. The normalized spacial score (nSPS) is 10.5. The van der Waals surface area contributed by atoms with E-state index in [1.807, 2.05) is 24.3 Å². The number of nitrogens with one attached hydrogen (secondary N) is 1. The van der Waals surface area contributed by atoms with Gasteiger partial charge in [0.1, 0.15) is 0 Å². The number of amides is 1. The highest BCUT2D eigenvalue weighted by atomic mass is 127. The third-order valence-electron chi connectivity index (χ3n) is 2.41. The van der Waals surface area contributed by atoms with Crippen LogP contribution in [0.4, 0.5) is 5.69 Å². The van der Waals surface area contributed by atoms with Crippen LogP contribution in [0, 0.1) is 3.57 Å². The van der Waals surface area contributed by atoms with E-state index >= 15 is 0 Å². The maximum absolute atomic E-state index is 11.7. The summed E-state index contributed by atoms with van der Waals surface area (Å²) >= 11 is 3.46. The molecule has 0 spiro atoms. The van der Waals surface area contributed by atoms with E-state index in [4.69, 9.17) is 0 Å². The highest BCUT2D eigenvalue weighted by Gasteiger charge is 2.14. The second kappa shape index (κ2) is 6.93. The highest BCUT2D eigenvalue weighted by Crippen LogP contribution is 2.22. The molecule has 20 heavy (non-hydrogen) atoms. The number of nitrogens with zero attached hydrogens (tertiary/aromatic N) is 2. The standard InChI is InChI=1S/C12H12IN3O3S/c1-16-11(12(18)19-15-16)20-7-6-10(17)14-9-4-2-8(13)3-5-9/h2-5H,6-7H2,1H3,(H-,14,15,17,18). The first kappa shape index (κ1) is 15.1. The minimum absolute atomic E-state index is 0.0923. The molecule has 0 fully saturated rings. The molecular weight excluding hydrogens is 393 g/mol. The van der Waals surface area contributed by atoms with Crippen molar-refractivity contribution < 1.29 is 19.1 Å². The molecule has 0 aliphatic carbocycles. The second-order valence-electron chi connectivity index (χ2n) is 3.94. The zero-order valence-electron chi connectivity index (χ0n) is 10.6. The number of aromatic nitrogens is 2. The van der Waals surface area contributed by atoms with Gasteiger partial charge in [-0.3, -0.25) is 4.79 Å². The Bertz CT molecular complexity index is 581.